The van der Waals surface area contributed by atoms with Crippen LogP contribution in [0.5, 0.6) is 0 Å². The van der Waals surface area contributed by atoms with Crippen molar-refractivity contribution in [2.24, 2.45) is 11.7 Å². The summed E-state index contributed by atoms with van der Waals surface area (Å²) in [7, 11) is 1.80. The fourth-order valence-corrected chi connectivity index (χ4v) is 1.91. The zero-order chi connectivity index (χ0) is 12.1. The second-order valence-electron chi connectivity index (χ2n) is 3.96. The van der Waals surface area contributed by atoms with Crippen LogP contribution < -0.4 is 5.73 Å². The predicted molar refractivity (Wildman–Crippen MR) is 76.1 cm³/mol. The summed E-state index contributed by atoms with van der Waals surface area (Å²) in [6.45, 7) is 2.85. The van der Waals surface area contributed by atoms with Gasteiger partial charge in [0.2, 0.25) is 5.91 Å². The topological polar surface area (TPSA) is 46.3 Å². The summed E-state index contributed by atoms with van der Waals surface area (Å²) in [5, 5.41) is 0. The quantitative estimate of drug-likeness (QED) is 0.926. The average molecular weight is 322 g/mol. The van der Waals surface area contributed by atoms with Crippen LogP contribution in [0.15, 0.2) is 28.7 Å². The molecule has 0 fully saturated rings. The number of nitrogens with zero attached hydrogens (tertiary/aromatic N) is 1. The fraction of sp³-hybridized carbons (Fsp3) is 0.417. The summed E-state index contributed by atoms with van der Waals surface area (Å²) in [6, 6.07) is 7.94. The maximum Gasteiger partial charge on any atom is 0.226 e. The predicted octanol–water partition coefficient (Wildman–Crippen LogP) is 2.42. The molecule has 17 heavy (non-hydrogen) atoms. The zero-order valence-electron chi connectivity index (χ0n) is 10.0. The van der Waals surface area contributed by atoms with Crippen molar-refractivity contribution < 1.29 is 4.79 Å². The van der Waals surface area contributed by atoms with Crippen molar-refractivity contribution in [2.45, 2.75) is 13.5 Å². The molecule has 1 unspecified atom stereocenters. The van der Waals surface area contributed by atoms with Crippen LogP contribution in [0.3, 0.4) is 0 Å². The Kier molecular flexibility index (Phi) is 7.43. The Morgan fingerprint density at radius 3 is 2.71 bits per heavy atom. The molecular weight excluding hydrogens is 304 g/mol. The van der Waals surface area contributed by atoms with E-state index in [1.165, 1.54) is 0 Å². The molecule has 1 rings (SSSR count). The van der Waals surface area contributed by atoms with Gasteiger partial charge in [-0.1, -0.05) is 35.0 Å². The van der Waals surface area contributed by atoms with Crippen LogP contribution >= 0.6 is 28.3 Å². The molecule has 1 aromatic rings. The minimum absolute atomic E-state index is 0. The van der Waals surface area contributed by atoms with E-state index in [9.17, 15) is 4.79 Å². The normalized spacial score (nSPS) is 11.5. The first kappa shape index (κ1) is 16.4. The van der Waals surface area contributed by atoms with Crippen molar-refractivity contribution >= 4 is 34.2 Å². The molecule has 3 nitrogen and oxygen atoms in total. The third kappa shape index (κ3) is 5.06. The summed E-state index contributed by atoms with van der Waals surface area (Å²) in [6.07, 6.45) is 0. The van der Waals surface area contributed by atoms with E-state index in [-0.39, 0.29) is 24.2 Å². The number of carbonyl (C=O) groups is 1. The van der Waals surface area contributed by atoms with Gasteiger partial charge in [-0.2, -0.15) is 0 Å². The number of benzene rings is 1. The van der Waals surface area contributed by atoms with Gasteiger partial charge in [0.1, 0.15) is 0 Å². The van der Waals surface area contributed by atoms with Gasteiger partial charge in [-0.3, -0.25) is 4.79 Å². The van der Waals surface area contributed by atoms with Gasteiger partial charge in [0.15, 0.2) is 0 Å². The second kappa shape index (κ2) is 7.69. The lowest BCUT2D eigenvalue weighted by Crippen LogP contribution is -2.34. The molecule has 0 spiro atoms. The zero-order valence-corrected chi connectivity index (χ0v) is 12.4. The van der Waals surface area contributed by atoms with E-state index < -0.39 is 0 Å². The van der Waals surface area contributed by atoms with Gasteiger partial charge >= 0.3 is 0 Å². The van der Waals surface area contributed by atoms with Gasteiger partial charge in [0.05, 0.1) is 0 Å². The summed E-state index contributed by atoms with van der Waals surface area (Å²) >= 11 is 3.41. The number of hydrogen-bond donors (Lipinski definition) is 1. The van der Waals surface area contributed by atoms with Crippen molar-refractivity contribution in [3.8, 4) is 0 Å². The first-order valence-electron chi connectivity index (χ1n) is 5.24. The molecule has 0 aliphatic carbocycles. The van der Waals surface area contributed by atoms with Crippen LogP contribution in [-0.4, -0.2) is 24.4 Å². The van der Waals surface area contributed by atoms with Crippen molar-refractivity contribution in [2.75, 3.05) is 13.6 Å². The third-order valence-electron chi connectivity index (χ3n) is 2.46. The Bertz CT molecular complexity index is 373. The SMILES string of the molecule is CC(CN)C(=O)N(C)Cc1cccc(Br)c1.Cl. The van der Waals surface area contributed by atoms with E-state index in [4.69, 9.17) is 5.73 Å². The summed E-state index contributed by atoms with van der Waals surface area (Å²) in [4.78, 5) is 13.5. The highest BCUT2D eigenvalue weighted by Gasteiger charge is 2.15. The number of hydrogen-bond acceptors (Lipinski definition) is 2. The molecule has 1 atom stereocenters. The van der Waals surface area contributed by atoms with E-state index in [0.29, 0.717) is 13.1 Å². The lowest BCUT2D eigenvalue weighted by Gasteiger charge is -2.20. The van der Waals surface area contributed by atoms with Crippen LogP contribution in [0.25, 0.3) is 0 Å². The number of amides is 1. The maximum atomic E-state index is 11.8. The van der Waals surface area contributed by atoms with Crippen molar-refractivity contribution in [1.82, 2.24) is 4.90 Å². The summed E-state index contributed by atoms with van der Waals surface area (Å²) < 4.78 is 1.03. The molecule has 1 amide bonds. The Hall–Kier alpha value is -0.580. The highest BCUT2D eigenvalue weighted by atomic mass is 79.9. The van der Waals surface area contributed by atoms with Crippen LogP contribution in [0.2, 0.25) is 0 Å². The summed E-state index contributed by atoms with van der Waals surface area (Å²) in [5.74, 6) is -0.0281. The van der Waals surface area contributed by atoms with Gasteiger partial charge < -0.3 is 10.6 Å². The highest BCUT2D eigenvalue weighted by Crippen LogP contribution is 2.13. The molecule has 0 heterocycles. The van der Waals surface area contributed by atoms with E-state index in [1.807, 2.05) is 31.2 Å². The highest BCUT2D eigenvalue weighted by molar-refractivity contribution is 9.10. The first-order chi connectivity index (χ1) is 7.54. The molecule has 5 heteroatoms. The monoisotopic (exact) mass is 320 g/mol. The van der Waals surface area contributed by atoms with Gasteiger partial charge in [0.25, 0.3) is 0 Å². The standard InChI is InChI=1S/C12H17BrN2O.ClH/c1-9(7-14)12(16)15(2)8-10-4-3-5-11(13)6-10;/h3-6,9H,7-8,14H2,1-2H3;1H. The lowest BCUT2D eigenvalue weighted by atomic mass is 10.1. The molecule has 0 radical (unpaired) electrons. The Morgan fingerprint density at radius 2 is 2.18 bits per heavy atom. The molecule has 0 aromatic heterocycles. The van der Waals surface area contributed by atoms with Gasteiger partial charge in [0, 0.05) is 30.5 Å². The van der Waals surface area contributed by atoms with Crippen molar-refractivity contribution in [3.05, 3.63) is 34.3 Å². The fourth-order valence-electron chi connectivity index (χ4n) is 1.46. The Morgan fingerprint density at radius 1 is 1.53 bits per heavy atom. The van der Waals surface area contributed by atoms with Crippen LogP contribution in [0.1, 0.15) is 12.5 Å². The van der Waals surface area contributed by atoms with E-state index in [2.05, 4.69) is 15.9 Å². The third-order valence-corrected chi connectivity index (χ3v) is 2.95. The molecule has 1 aromatic carbocycles. The largest absolute Gasteiger partial charge is 0.341 e. The second-order valence-corrected chi connectivity index (χ2v) is 4.88. The van der Waals surface area contributed by atoms with E-state index in [0.717, 1.165) is 10.0 Å². The molecule has 0 saturated heterocycles. The van der Waals surface area contributed by atoms with Gasteiger partial charge in [-0.25, -0.2) is 0 Å². The van der Waals surface area contributed by atoms with Crippen LogP contribution in [0, 0.1) is 5.92 Å². The minimum atomic E-state index is -0.114. The molecule has 0 aliphatic rings. The van der Waals surface area contributed by atoms with Crippen LogP contribution in [-0.2, 0) is 11.3 Å². The van der Waals surface area contributed by atoms with Gasteiger partial charge in [-0.05, 0) is 17.7 Å². The number of halogens is 2. The summed E-state index contributed by atoms with van der Waals surface area (Å²) in [5.41, 5.74) is 6.58. The molecule has 96 valence electrons. The Balaban J connectivity index is 0.00000256. The van der Waals surface area contributed by atoms with Crippen molar-refractivity contribution in [3.63, 3.8) is 0 Å². The minimum Gasteiger partial charge on any atom is -0.341 e. The molecule has 0 saturated carbocycles. The van der Waals surface area contributed by atoms with Gasteiger partial charge in [-0.15, -0.1) is 12.4 Å². The Labute approximate surface area is 117 Å². The number of carbonyl (C=O) groups excluding carboxylic acids is 1. The van der Waals surface area contributed by atoms with E-state index in [1.54, 1.807) is 11.9 Å². The maximum absolute atomic E-state index is 11.8. The molecule has 0 bridgehead atoms. The molecule has 2 N–H and O–H groups in total. The molecular formula is C12H18BrClN2O. The lowest BCUT2D eigenvalue weighted by molar-refractivity contribution is -0.133. The van der Waals surface area contributed by atoms with Crippen LogP contribution in [0.4, 0.5) is 0 Å². The van der Waals surface area contributed by atoms with Crippen molar-refractivity contribution in [1.29, 1.82) is 0 Å². The molecule has 0 aliphatic heterocycles. The number of rotatable bonds is 4. The average Bonchev–Trinajstić information content (AvgIpc) is 2.27. The van der Waals surface area contributed by atoms with E-state index >= 15 is 0 Å². The smallest absolute Gasteiger partial charge is 0.226 e. The first-order valence-corrected chi connectivity index (χ1v) is 6.03. The number of nitrogens with two attached hydrogens (primary N) is 1.